The lowest BCUT2D eigenvalue weighted by Gasteiger charge is -2.26. The maximum absolute atomic E-state index is 11.3. The Labute approximate surface area is 161 Å². The first-order valence-electron chi connectivity index (χ1n) is 8.45. The Morgan fingerprint density at radius 1 is 1.14 bits per heavy atom. The quantitative estimate of drug-likeness (QED) is 0.402. The van der Waals surface area contributed by atoms with Gasteiger partial charge in [-0.1, -0.05) is 44.2 Å². The molecule has 0 radical (unpaired) electrons. The number of rotatable bonds is 8. The number of hydrogen-bond acceptors (Lipinski definition) is 7. The molecule has 2 aromatic rings. The van der Waals surface area contributed by atoms with Crippen LogP contribution >= 0.6 is 0 Å². The zero-order chi connectivity index (χ0) is 20.7. The third-order valence-electron chi connectivity index (χ3n) is 4.23. The Balaban J connectivity index is 2.47. The minimum atomic E-state index is -0.701. The number of nitrogens with zero attached hydrogens (tertiary/aromatic N) is 4. The van der Waals surface area contributed by atoms with E-state index in [1.165, 1.54) is 12.1 Å². The molecule has 0 unspecified atom stereocenters. The van der Waals surface area contributed by atoms with Crippen molar-refractivity contribution >= 4 is 22.8 Å². The molecule has 0 aromatic heterocycles. The van der Waals surface area contributed by atoms with E-state index in [9.17, 15) is 20.2 Å². The minimum absolute atomic E-state index is 0.0418. The minimum Gasteiger partial charge on any atom is -0.271 e. The van der Waals surface area contributed by atoms with Gasteiger partial charge in [-0.2, -0.15) is 10.4 Å². The van der Waals surface area contributed by atoms with Crippen molar-refractivity contribution in [3.8, 4) is 6.07 Å². The second kappa shape index (κ2) is 8.73. The Morgan fingerprint density at radius 2 is 1.82 bits per heavy atom. The van der Waals surface area contributed by atoms with Crippen molar-refractivity contribution in [3.05, 3.63) is 74.3 Å². The SMILES string of the molecule is CC(C)(CCC#N)C(=NNc1ccc([N+](=O)[O-])cc1[N+](=O)[O-])c1ccccc1. The normalized spacial score (nSPS) is 11.5. The fourth-order valence-corrected chi connectivity index (χ4v) is 2.68. The summed E-state index contributed by atoms with van der Waals surface area (Å²) in [6, 6.07) is 14.7. The molecule has 0 fully saturated rings. The Morgan fingerprint density at radius 3 is 2.39 bits per heavy atom. The number of nitro benzene ring substituents is 2. The molecule has 0 aliphatic rings. The monoisotopic (exact) mass is 381 g/mol. The van der Waals surface area contributed by atoms with Gasteiger partial charge in [0.05, 0.1) is 27.7 Å². The number of nitriles is 1. The first-order valence-corrected chi connectivity index (χ1v) is 8.45. The number of nitro groups is 2. The number of nitrogens with one attached hydrogen (secondary N) is 1. The van der Waals surface area contributed by atoms with Gasteiger partial charge in [0.2, 0.25) is 0 Å². The highest BCUT2D eigenvalue weighted by molar-refractivity contribution is 6.04. The first kappa shape index (κ1) is 20.5. The number of hydrazone groups is 1. The molecule has 0 aliphatic carbocycles. The van der Waals surface area contributed by atoms with E-state index in [0.717, 1.165) is 11.6 Å². The molecule has 0 saturated carbocycles. The Hall–Kier alpha value is -3.80. The van der Waals surface area contributed by atoms with Crippen molar-refractivity contribution < 1.29 is 9.85 Å². The first-order chi connectivity index (χ1) is 13.3. The van der Waals surface area contributed by atoms with Crippen LogP contribution in [0.2, 0.25) is 0 Å². The van der Waals surface area contributed by atoms with Crippen LogP contribution in [-0.2, 0) is 0 Å². The summed E-state index contributed by atoms with van der Waals surface area (Å²) in [5.41, 5.74) is 2.85. The van der Waals surface area contributed by atoms with Gasteiger partial charge >= 0.3 is 5.69 Å². The molecule has 2 rings (SSSR count). The fraction of sp³-hybridized carbons (Fsp3) is 0.263. The van der Waals surface area contributed by atoms with Gasteiger partial charge in [-0.05, 0) is 18.1 Å². The lowest BCUT2D eigenvalue weighted by molar-refractivity contribution is -0.393. The van der Waals surface area contributed by atoms with E-state index in [0.29, 0.717) is 18.6 Å². The molecule has 0 atom stereocenters. The van der Waals surface area contributed by atoms with Crippen LogP contribution in [0, 0.1) is 37.0 Å². The summed E-state index contributed by atoms with van der Waals surface area (Å²) in [6.07, 6.45) is 0.873. The van der Waals surface area contributed by atoms with E-state index in [1.807, 2.05) is 44.2 Å². The third kappa shape index (κ3) is 4.88. The highest BCUT2D eigenvalue weighted by Gasteiger charge is 2.27. The number of hydrogen-bond donors (Lipinski definition) is 1. The lowest BCUT2D eigenvalue weighted by Crippen LogP contribution is -2.26. The standard InChI is InChI=1S/C19H19N5O4/c1-19(2,11-6-12-20)18(14-7-4-3-5-8-14)22-21-16-10-9-15(23(25)26)13-17(16)24(27)28/h3-5,7-10,13,21H,6,11H2,1-2H3. The van der Waals surface area contributed by atoms with E-state index < -0.39 is 20.9 Å². The second-order valence-corrected chi connectivity index (χ2v) is 6.70. The van der Waals surface area contributed by atoms with Crippen LogP contribution in [0.1, 0.15) is 32.3 Å². The molecule has 144 valence electrons. The third-order valence-corrected chi connectivity index (χ3v) is 4.23. The molecule has 2 aromatic carbocycles. The Kier molecular flexibility index (Phi) is 6.39. The van der Waals surface area contributed by atoms with Crippen LogP contribution in [0.4, 0.5) is 17.1 Å². The maximum Gasteiger partial charge on any atom is 0.301 e. The highest BCUT2D eigenvalue weighted by atomic mass is 16.6. The van der Waals surface area contributed by atoms with Gasteiger partial charge in [-0.15, -0.1) is 0 Å². The van der Waals surface area contributed by atoms with Gasteiger partial charge in [-0.3, -0.25) is 25.7 Å². The summed E-state index contributed by atoms with van der Waals surface area (Å²) >= 11 is 0. The van der Waals surface area contributed by atoms with E-state index in [4.69, 9.17) is 5.26 Å². The van der Waals surface area contributed by atoms with Crippen LogP contribution < -0.4 is 5.43 Å². The largest absolute Gasteiger partial charge is 0.301 e. The Bertz CT molecular complexity index is 949. The summed E-state index contributed by atoms with van der Waals surface area (Å²) in [6.45, 7) is 3.87. The average Bonchev–Trinajstić information content (AvgIpc) is 2.67. The van der Waals surface area contributed by atoms with Gasteiger partial charge in [0.1, 0.15) is 5.69 Å². The molecule has 0 bridgehead atoms. The molecule has 1 N–H and O–H groups in total. The van der Waals surface area contributed by atoms with Gasteiger partial charge in [0, 0.05) is 17.9 Å². The van der Waals surface area contributed by atoms with Crippen LogP contribution in [0.25, 0.3) is 0 Å². The molecular formula is C19H19N5O4. The van der Waals surface area contributed by atoms with Crippen molar-refractivity contribution in [2.75, 3.05) is 5.43 Å². The molecule has 0 aliphatic heterocycles. The van der Waals surface area contributed by atoms with E-state index in [-0.39, 0.29) is 11.4 Å². The molecular weight excluding hydrogens is 362 g/mol. The number of anilines is 1. The molecule has 9 heteroatoms. The molecule has 28 heavy (non-hydrogen) atoms. The zero-order valence-corrected chi connectivity index (χ0v) is 15.5. The molecule has 0 amide bonds. The molecule has 0 spiro atoms. The van der Waals surface area contributed by atoms with E-state index in [2.05, 4.69) is 16.6 Å². The maximum atomic E-state index is 11.3. The molecule has 0 saturated heterocycles. The summed E-state index contributed by atoms with van der Waals surface area (Å²) in [4.78, 5) is 20.8. The fourth-order valence-electron chi connectivity index (χ4n) is 2.68. The summed E-state index contributed by atoms with van der Waals surface area (Å²) in [5.74, 6) is 0. The van der Waals surface area contributed by atoms with E-state index >= 15 is 0 Å². The molecule has 0 heterocycles. The van der Waals surface area contributed by atoms with Crippen LogP contribution in [0.3, 0.4) is 0 Å². The predicted octanol–water partition coefficient (Wildman–Crippen LogP) is 4.65. The van der Waals surface area contributed by atoms with Crippen molar-refractivity contribution in [1.29, 1.82) is 5.26 Å². The average molecular weight is 381 g/mol. The van der Waals surface area contributed by atoms with Gasteiger partial charge in [0.25, 0.3) is 5.69 Å². The smallest absolute Gasteiger partial charge is 0.271 e. The topological polar surface area (TPSA) is 134 Å². The van der Waals surface area contributed by atoms with Gasteiger partial charge < -0.3 is 0 Å². The number of benzene rings is 2. The van der Waals surface area contributed by atoms with Crippen molar-refractivity contribution in [3.63, 3.8) is 0 Å². The zero-order valence-electron chi connectivity index (χ0n) is 15.5. The van der Waals surface area contributed by atoms with Crippen molar-refractivity contribution in [2.24, 2.45) is 10.5 Å². The van der Waals surface area contributed by atoms with Crippen LogP contribution in [0.15, 0.2) is 53.6 Å². The second-order valence-electron chi connectivity index (χ2n) is 6.70. The van der Waals surface area contributed by atoms with E-state index in [1.54, 1.807) is 0 Å². The predicted molar refractivity (Wildman–Crippen MR) is 105 cm³/mol. The van der Waals surface area contributed by atoms with Crippen molar-refractivity contribution in [1.82, 2.24) is 0 Å². The summed E-state index contributed by atoms with van der Waals surface area (Å²) in [5, 5.41) is 35.5. The van der Waals surface area contributed by atoms with Crippen LogP contribution in [-0.4, -0.2) is 15.6 Å². The highest BCUT2D eigenvalue weighted by Crippen LogP contribution is 2.31. The van der Waals surface area contributed by atoms with Crippen molar-refractivity contribution in [2.45, 2.75) is 26.7 Å². The molecule has 9 nitrogen and oxygen atoms in total. The van der Waals surface area contributed by atoms with Gasteiger partial charge in [-0.25, -0.2) is 0 Å². The summed E-state index contributed by atoms with van der Waals surface area (Å²) in [7, 11) is 0. The van der Waals surface area contributed by atoms with Crippen LogP contribution in [0.5, 0.6) is 0 Å². The lowest BCUT2D eigenvalue weighted by atomic mass is 9.80. The van der Waals surface area contributed by atoms with Gasteiger partial charge in [0.15, 0.2) is 0 Å². The number of non-ortho nitro benzene ring substituents is 1. The summed E-state index contributed by atoms with van der Waals surface area (Å²) < 4.78 is 0.